The predicted octanol–water partition coefficient (Wildman–Crippen LogP) is 5.45. The number of unbranched alkanes of at least 4 members (excludes halogenated alkanes) is 7. The van der Waals surface area contributed by atoms with Crippen LogP contribution in [0.4, 0.5) is 17.6 Å². The molecule has 0 aliphatic carbocycles. The first kappa shape index (κ1) is 25.4. The van der Waals surface area contributed by atoms with Crippen molar-refractivity contribution in [2.75, 3.05) is 13.2 Å². The van der Waals surface area contributed by atoms with Crippen molar-refractivity contribution >= 4 is 11.9 Å². The highest BCUT2D eigenvalue weighted by Gasteiger charge is 2.42. The minimum Gasteiger partial charge on any atom is -0.461 e. The number of allylic oxidation sites excluding steroid dienone is 1. The van der Waals surface area contributed by atoms with Gasteiger partial charge in [0.15, 0.2) is 6.61 Å². The number of hydrogen-bond donors (Lipinski definition) is 0. The zero-order valence-corrected chi connectivity index (χ0v) is 15.9. The Balaban J connectivity index is 3.62. The van der Waals surface area contributed by atoms with Crippen molar-refractivity contribution in [2.24, 2.45) is 0 Å². The first-order chi connectivity index (χ1) is 12.8. The van der Waals surface area contributed by atoms with Gasteiger partial charge < -0.3 is 9.47 Å². The van der Waals surface area contributed by atoms with Crippen LogP contribution in [0.5, 0.6) is 0 Å². The van der Waals surface area contributed by atoms with Crippen LogP contribution in [0.1, 0.15) is 71.1 Å². The highest BCUT2D eigenvalue weighted by Crippen LogP contribution is 2.23. The van der Waals surface area contributed by atoms with Crippen molar-refractivity contribution in [2.45, 2.75) is 83.5 Å². The van der Waals surface area contributed by atoms with Gasteiger partial charge in [-0.25, -0.2) is 8.78 Å². The molecular weight excluding hydrogens is 368 g/mol. The van der Waals surface area contributed by atoms with Gasteiger partial charge in [0.2, 0.25) is 0 Å². The van der Waals surface area contributed by atoms with Crippen LogP contribution >= 0.6 is 0 Å². The third kappa shape index (κ3) is 15.2. The van der Waals surface area contributed by atoms with E-state index in [4.69, 9.17) is 4.74 Å². The first-order valence-corrected chi connectivity index (χ1v) is 9.41. The lowest BCUT2D eigenvalue weighted by molar-refractivity contribution is -0.180. The number of esters is 2. The highest BCUT2D eigenvalue weighted by atomic mass is 19.3. The zero-order valence-electron chi connectivity index (χ0n) is 15.9. The second-order valence-corrected chi connectivity index (χ2v) is 6.29. The predicted molar refractivity (Wildman–Crippen MR) is 93.9 cm³/mol. The van der Waals surface area contributed by atoms with E-state index in [1.165, 1.54) is 38.5 Å². The van der Waals surface area contributed by atoms with Gasteiger partial charge in [-0.15, -0.1) is 0 Å². The van der Waals surface area contributed by atoms with Gasteiger partial charge in [-0.05, 0) is 12.8 Å². The zero-order chi connectivity index (χ0) is 20.5. The van der Waals surface area contributed by atoms with Gasteiger partial charge in [-0.1, -0.05) is 57.6 Å². The molecule has 0 aromatic carbocycles. The Morgan fingerprint density at radius 2 is 1.44 bits per heavy atom. The van der Waals surface area contributed by atoms with Crippen LogP contribution in [-0.4, -0.2) is 37.5 Å². The third-order valence-corrected chi connectivity index (χ3v) is 3.76. The summed E-state index contributed by atoms with van der Waals surface area (Å²) in [4.78, 5) is 22.5. The minimum absolute atomic E-state index is 0.0633. The molecule has 0 atom stereocenters. The maximum atomic E-state index is 12.6. The SMILES string of the molecule is CCCCCCCCC/C=C/COC(=O)CCC(=O)OCC(F)(F)C(F)F. The summed E-state index contributed by atoms with van der Waals surface area (Å²) < 4.78 is 57.8. The van der Waals surface area contributed by atoms with Crippen molar-refractivity contribution in [3.63, 3.8) is 0 Å². The molecule has 0 aromatic heterocycles. The van der Waals surface area contributed by atoms with Crippen LogP contribution in [-0.2, 0) is 19.1 Å². The maximum absolute atomic E-state index is 12.6. The number of hydrogen-bond acceptors (Lipinski definition) is 4. The Morgan fingerprint density at radius 3 is 2.04 bits per heavy atom. The normalized spacial score (nSPS) is 11.9. The Kier molecular flexibility index (Phi) is 14.5. The molecule has 27 heavy (non-hydrogen) atoms. The molecule has 8 heteroatoms. The van der Waals surface area contributed by atoms with Crippen LogP contribution in [0.2, 0.25) is 0 Å². The average Bonchev–Trinajstić information content (AvgIpc) is 2.62. The van der Waals surface area contributed by atoms with Crippen molar-refractivity contribution < 1.29 is 36.6 Å². The molecule has 0 radical (unpaired) electrons. The van der Waals surface area contributed by atoms with E-state index in [0.29, 0.717) is 0 Å². The van der Waals surface area contributed by atoms with Gasteiger partial charge >= 0.3 is 24.3 Å². The summed E-state index contributed by atoms with van der Waals surface area (Å²) in [5.41, 5.74) is 0. The van der Waals surface area contributed by atoms with E-state index in [-0.39, 0.29) is 13.0 Å². The Morgan fingerprint density at radius 1 is 0.889 bits per heavy atom. The van der Waals surface area contributed by atoms with Crippen LogP contribution < -0.4 is 0 Å². The summed E-state index contributed by atoms with van der Waals surface area (Å²) in [5.74, 6) is -6.23. The fourth-order valence-electron chi connectivity index (χ4n) is 2.13. The van der Waals surface area contributed by atoms with E-state index >= 15 is 0 Å². The van der Waals surface area contributed by atoms with Gasteiger partial charge in [0.25, 0.3) is 0 Å². The lowest BCUT2D eigenvalue weighted by Crippen LogP contribution is -2.33. The number of rotatable bonds is 16. The molecule has 0 heterocycles. The summed E-state index contributed by atoms with van der Waals surface area (Å²) in [6.07, 6.45) is 8.28. The van der Waals surface area contributed by atoms with E-state index in [9.17, 15) is 27.2 Å². The molecule has 0 spiro atoms. The summed E-state index contributed by atoms with van der Waals surface area (Å²) in [6.45, 7) is 0.537. The molecule has 0 saturated carbocycles. The van der Waals surface area contributed by atoms with Gasteiger partial charge in [0.05, 0.1) is 12.8 Å². The molecular formula is C19H30F4O4. The molecule has 0 rings (SSSR count). The van der Waals surface area contributed by atoms with Gasteiger partial charge in [0.1, 0.15) is 6.61 Å². The summed E-state index contributed by atoms with van der Waals surface area (Å²) in [5, 5.41) is 0. The topological polar surface area (TPSA) is 52.6 Å². The number of carbonyl (C=O) groups excluding carboxylic acids is 2. The Bertz CT molecular complexity index is 439. The molecule has 0 aromatic rings. The molecule has 158 valence electrons. The first-order valence-electron chi connectivity index (χ1n) is 9.41. The molecule has 0 amide bonds. The number of carbonyl (C=O) groups is 2. The standard InChI is InChI=1S/C19H30F4O4/c1-2-3-4-5-6-7-8-9-10-11-14-26-16(24)12-13-17(25)27-15-19(22,23)18(20)21/h10-11,18H,2-9,12-15H2,1H3/b11-10+. The van der Waals surface area contributed by atoms with Gasteiger partial charge in [-0.2, -0.15) is 8.78 Å². The van der Waals surface area contributed by atoms with Crippen LogP contribution in [0.15, 0.2) is 12.2 Å². The Labute approximate surface area is 158 Å². The Hall–Kier alpha value is -1.60. The number of alkyl halides is 4. The average molecular weight is 398 g/mol. The molecule has 0 fully saturated rings. The lowest BCUT2D eigenvalue weighted by atomic mass is 10.1. The van der Waals surface area contributed by atoms with E-state index in [1.807, 2.05) is 6.08 Å². The summed E-state index contributed by atoms with van der Waals surface area (Å²) >= 11 is 0. The van der Waals surface area contributed by atoms with Crippen LogP contribution in [0, 0.1) is 0 Å². The van der Waals surface area contributed by atoms with Crippen LogP contribution in [0.25, 0.3) is 0 Å². The molecule has 0 saturated heterocycles. The summed E-state index contributed by atoms with van der Waals surface area (Å²) in [7, 11) is 0. The molecule has 4 nitrogen and oxygen atoms in total. The molecule has 0 N–H and O–H groups in total. The largest absolute Gasteiger partial charge is 0.461 e. The fourth-order valence-corrected chi connectivity index (χ4v) is 2.13. The second-order valence-electron chi connectivity index (χ2n) is 6.29. The van der Waals surface area contributed by atoms with Crippen molar-refractivity contribution in [3.05, 3.63) is 12.2 Å². The van der Waals surface area contributed by atoms with Crippen molar-refractivity contribution in [3.8, 4) is 0 Å². The quantitative estimate of drug-likeness (QED) is 0.150. The maximum Gasteiger partial charge on any atom is 0.340 e. The van der Waals surface area contributed by atoms with Gasteiger partial charge in [-0.3, -0.25) is 9.59 Å². The fraction of sp³-hybridized carbons (Fsp3) is 0.789. The van der Waals surface area contributed by atoms with E-state index in [0.717, 1.165) is 12.8 Å². The van der Waals surface area contributed by atoms with E-state index in [2.05, 4.69) is 11.7 Å². The molecule has 0 aliphatic rings. The molecule has 0 unspecified atom stereocenters. The third-order valence-electron chi connectivity index (χ3n) is 3.76. The monoisotopic (exact) mass is 398 g/mol. The lowest BCUT2D eigenvalue weighted by Gasteiger charge is -2.14. The second kappa shape index (κ2) is 15.5. The number of ether oxygens (including phenoxy) is 2. The van der Waals surface area contributed by atoms with Crippen molar-refractivity contribution in [1.29, 1.82) is 0 Å². The van der Waals surface area contributed by atoms with E-state index in [1.54, 1.807) is 6.08 Å². The van der Waals surface area contributed by atoms with E-state index < -0.39 is 37.3 Å². The number of halogens is 4. The van der Waals surface area contributed by atoms with Crippen LogP contribution in [0.3, 0.4) is 0 Å². The summed E-state index contributed by atoms with van der Waals surface area (Å²) in [6, 6.07) is 0. The van der Waals surface area contributed by atoms with Gasteiger partial charge in [0, 0.05) is 0 Å². The molecule has 0 aliphatic heterocycles. The van der Waals surface area contributed by atoms with Crippen molar-refractivity contribution in [1.82, 2.24) is 0 Å². The highest BCUT2D eigenvalue weighted by molar-refractivity contribution is 5.77. The molecule has 0 bridgehead atoms. The minimum atomic E-state index is -4.39. The smallest absolute Gasteiger partial charge is 0.340 e.